The lowest BCUT2D eigenvalue weighted by atomic mass is 9.72. The first kappa shape index (κ1) is 51.4. The van der Waals surface area contributed by atoms with Crippen molar-refractivity contribution < 1.29 is 63.0 Å². The lowest BCUT2D eigenvalue weighted by Gasteiger charge is -2.55. The molecule has 6 aliphatic rings. The van der Waals surface area contributed by atoms with Crippen LogP contribution in [0.25, 0.3) is 0 Å². The highest BCUT2D eigenvalue weighted by Gasteiger charge is 2.64. The maximum atomic E-state index is 14.7. The predicted molar refractivity (Wildman–Crippen MR) is 239 cm³/mol. The predicted octanol–water partition coefficient (Wildman–Crippen LogP) is 5.60. The van der Waals surface area contributed by atoms with E-state index in [9.17, 15) is 39.3 Å². The number of imide groups is 1. The number of aliphatic hydroxyl groups is 2. The summed E-state index contributed by atoms with van der Waals surface area (Å²) in [5, 5.41) is 36.0. The quantitative estimate of drug-likeness (QED) is 0.124. The number of carboxylic acid groups (broad SMARTS) is 1. The molecule has 6 heterocycles. The summed E-state index contributed by atoms with van der Waals surface area (Å²) in [5.41, 5.74) is -1.89. The van der Waals surface area contributed by atoms with Crippen LogP contribution in [0.2, 0.25) is 0 Å². The molecule has 6 rings (SSSR count). The van der Waals surface area contributed by atoms with Crippen LogP contribution in [0.3, 0.4) is 0 Å². The van der Waals surface area contributed by atoms with Crippen molar-refractivity contribution in [2.45, 2.75) is 206 Å². The highest BCUT2D eigenvalue weighted by Crippen LogP contribution is 2.54. The molecular weight excluding hydrogens is 839 g/mol. The first-order chi connectivity index (χ1) is 30.5. The largest absolute Gasteiger partial charge is 0.481 e. The third-order valence-corrected chi connectivity index (χ3v) is 16.7. The summed E-state index contributed by atoms with van der Waals surface area (Å²) in [6, 6.07) is -1.68. The van der Waals surface area contributed by atoms with Crippen molar-refractivity contribution in [3.05, 3.63) is 12.2 Å². The van der Waals surface area contributed by atoms with Crippen LogP contribution in [0.15, 0.2) is 12.2 Å². The molecule has 1 unspecified atom stereocenters. The van der Waals surface area contributed by atoms with Gasteiger partial charge in [0.15, 0.2) is 11.6 Å². The summed E-state index contributed by atoms with van der Waals surface area (Å²) in [6.07, 6.45) is 5.31. The number of hydrogen-bond donors (Lipinski definition) is 4. The number of nitrogens with zero attached hydrogens (tertiary/aromatic N) is 2. The maximum Gasteiger partial charge on any atom is 0.325 e. The van der Waals surface area contributed by atoms with E-state index in [1.165, 1.54) is 4.90 Å². The van der Waals surface area contributed by atoms with E-state index in [4.69, 9.17) is 23.7 Å². The number of carbonyl (C=O) groups is 5. The summed E-state index contributed by atoms with van der Waals surface area (Å²) in [4.78, 5) is 69.1. The second-order valence-corrected chi connectivity index (χ2v) is 20.7. The molecule has 18 atom stereocenters. The van der Waals surface area contributed by atoms with E-state index in [-0.39, 0.29) is 36.6 Å². The lowest BCUT2D eigenvalue weighted by molar-refractivity contribution is -0.398. The first-order valence-electron chi connectivity index (χ1n) is 24.7. The van der Waals surface area contributed by atoms with Crippen LogP contribution in [0, 0.1) is 41.4 Å². The van der Waals surface area contributed by atoms with E-state index in [2.05, 4.69) is 12.2 Å². The molecule has 65 heavy (non-hydrogen) atoms. The van der Waals surface area contributed by atoms with Crippen LogP contribution in [-0.4, -0.2) is 140 Å². The Kier molecular flexibility index (Phi) is 15.8. The van der Waals surface area contributed by atoms with Gasteiger partial charge < -0.3 is 49.2 Å². The number of rotatable bonds is 14. The molecule has 4 N–H and O–H groups in total. The van der Waals surface area contributed by atoms with Gasteiger partial charge in [-0.15, -0.1) is 0 Å². The van der Waals surface area contributed by atoms with Crippen LogP contribution < -0.4 is 5.32 Å². The third kappa shape index (κ3) is 9.70. The van der Waals surface area contributed by atoms with Gasteiger partial charge >= 0.3 is 23.8 Å². The number of Topliss-reactive ketones (excluding diaryl/α,β-unsaturated/α-hetero) is 1. The Morgan fingerprint density at radius 2 is 1.57 bits per heavy atom. The molecule has 0 saturated carbocycles. The standard InChI is InChI=1S/C49H79N3O13/c1-12-33(44(57)58)35-17-16-27(5)40(62-35)31(9)38(53)30(8)39(54)34(13-2)41-28(6)26-29(7)48(63-41)21-18-36(50-45(59)52-25-24-51(15-4)42(55)43(52)56)49(65-48)23-22-46(11,64-49)37-19-20-47(60,14-3)32(10)61-37/h18,21,27-38,40-41,53,60H,12-17,19-20,22-26H2,1-11H3,(H,50,59)(H,57,58)/t27-,28-,29+,30-,31-,32-,33+,34?,35+,36+,37+,38+,40+,41-,46-,47+,48-,49-/m0/s1. The van der Waals surface area contributed by atoms with Gasteiger partial charge in [0.25, 0.3) is 0 Å². The topological polar surface area (TPSA) is 211 Å². The van der Waals surface area contributed by atoms with Crippen LogP contribution in [-0.2, 0) is 42.9 Å². The number of ether oxygens (including phenoxy) is 5. The average molecular weight is 918 g/mol. The lowest BCUT2D eigenvalue weighted by Crippen LogP contribution is -2.67. The van der Waals surface area contributed by atoms with Gasteiger partial charge in [-0.25, -0.2) is 4.79 Å². The van der Waals surface area contributed by atoms with E-state index < -0.39 is 113 Å². The molecule has 5 saturated heterocycles. The molecule has 368 valence electrons. The van der Waals surface area contributed by atoms with Crippen molar-refractivity contribution in [2.75, 3.05) is 19.6 Å². The fourth-order valence-electron chi connectivity index (χ4n) is 12.0. The van der Waals surface area contributed by atoms with E-state index in [0.717, 1.165) is 11.3 Å². The minimum Gasteiger partial charge on any atom is -0.481 e. The Bertz CT molecular complexity index is 1800. The van der Waals surface area contributed by atoms with Crippen molar-refractivity contribution in [3.8, 4) is 0 Å². The van der Waals surface area contributed by atoms with Crippen LogP contribution in [0.4, 0.5) is 4.79 Å². The molecule has 5 fully saturated rings. The van der Waals surface area contributed by atoms with E-state index >= 15 is 0 Å². The van der Waals surface area contributed by atoms with Gasteiger partial charge in [-0.05, 0) is 96.5 Å². The average Bonchev–Trinajstić information content (AvgIpc) is 3.62. The maximum absolute atomic E-state index is 14.7. The van der Waals surface area contributed by atoms with Crippen LogP contribution in [0.5, 0.6) is 0 Å². The van der Waals surface area contributed by atoms with Gasteiger partial charge in [0.05, 0.1) is 53.7 Å². The number of urea groups is 1. The van der Waals surface area contributed by atoms with Gasteiger partial charge in [-0.1, -0.05) is 61.5 Å². The summed E-state index contributed by atoms with van der Waals surface area (Å²) >= 11 is 0. The third-order valence-electron chi connectivity index (χ3n) is 16.7. The Morgan fingerprint density at radius 1 is 0.877 bits per heavy atom. The number of ketones is 1. The SMILES string of the molecule is CCC(C(=O)[C@@H](C)[C@@H](O)[C@H](C)[C@@H]1O[C@@H]([C@@H](CC)C(=O)O)CC[C@@H]1C)[C@H]1O[C@]2(C=C[C@@H](NC(=O)N3CCN(CC)C(=O)C3=O)[C@]3(CC[C@@](C)([C@H]4CC[C@](O)(CC)[C@H](C)O4)O3)O2)[C@H](C)C[C@@H]1C. The fourth-order valence-corrected chi connectivity index (χ4v) is 12.0. The number of aliphatic carboxylic acids is 1. The van der Waals surface area contributed by atoms with Crippen molar-refractivity contribution >= 4 is 29.6 Å². The Labute approximate surface area is 385 Å². The van der Waals surface area contributed by atoms with E-state index in [1.54, 1.807) is 26.0 Å². The minimum atomic E-state index is -1.53. The molecule has 2 spiro atoms. The van der Waals surface area contributed by atoms with Gasteiger partial charge in [0.2, 0.25) is 0 Å². The minimum absolute atomic E-state index is 0.0283. The summed E-state index contributed by atoms with van der Waals surface area (Å²) < 4.78 is 34.5. The number of nitrogens with one attached hydrogen (secondary N) is 1. The molecular formula is C49H79N3O13. The molecule has 4 amide bonds. The summed E-state index contributed by atoms with van der Waals surface area (Å²) in [5.74, 6) is -8.42. The molecule has 0 radical (unpaired) electrons. The Hall–Kier alpha value is -2.99. The zero-order valence-corrected chi connectivity index (χ0v) is 40.7. The molecule has 0 aromatic carbocycles. The molecule has 16 nitrogen and oxygen atoms in total. The highest BCUT2D eigenvalue weighted by atomic mass is 16.8. The van der Waals surface area contributed by atoms with Crippen molar-refractivity contribution in [3.63, 3.8) is 0 Å². The monoisotopic (exact) mass is 918 g/mol. The second-order valence-electron chi connectivity index (χ2n) is 20.7. The van der Waals surface area contributed by atoms with Gasteiger partial charge in [-0.2, -0.15) is 0 Å². The van der Waals surface area contributed by atoms with E-state index in [0.29, 0.717) is 64.3 Å². The second kappa shape index (κ2) is 19.9. The normalized spacial score (nSPS) is 41.3. The Balaban J connectivity index is 1.26. The fraction of sp³-hybridized carbons (Fsp3) is 0.857. The number of piperazine rings is 1. The zero-order chi connectivity index (χ0) is 48.0. The van der Waals surface area contributed by atoms with Gasteiger partial charge in [0.1, 0.15) is 11.8 Å². The highest BCUT2D eigenvalue weighted by molar-refractivity contribution is 6.38. The number of aliphatic hydroxyl groups excluding tert-OH is 1. The smallest absolute Gasteiger partial charge is 0.325 e. The molecule has 0 aromatic heterocycles. The van der Waals surface area contributed by atoms with Crippen molar-refractivity contribution in [1.82, 2.24) is 15.1 Å². The number of likely N-dealkylation sites (N-methyl/N-ethyl adjacent to an activating group) is 1. The van der Waals surface area contributed by atoms with E-state index in [1.807, 2.05) is 55.4 Å². The molecule has 16 heteroatoms. The van der Waals surface area contributed by atoms with Crippen molar-refractivity contribution in [1.29, 1.82) is 0 Å². The number of hydrogen-bond acceptors (Lipinski definition) is 12. The van der Waals surface area contributed by atoms with Crippen molar-refractivity contribution in [2.24, 2.45) is 41.4 Å². The number of carbonyl (C=O) groups excluding carboxylic acids is 4. The van der Waals surface area contributed by atoms with Crippen LogP contribution in [0.1, 0.15) is 140 Å². The summed E-state index contributed by atoms with van der Waals surface area (Å²) in [7, 11) is 0. The Morgan fingerprint density at radius 3 is 2.18 bits per heavy atom. The number of carboxylic acids is 1. The molecule has 0 bridgehead atoms. The van der Waals surface area contributed by atoms with Crippen LogP contribution >= 0.6 is 0 Å². The zero-order valence-electron chi connectivity index (χ0n) is 40.7. The molecule has 6 aliphatic heterocycles. The molecule has 0 aliphatic carbocycles. The first-order valence-corrected chi connectivity index (χ1v) is 24.7. The number of amides is 4. The van der Waals surface area contributed by atoms with Gasteiger partial charge in [0, 0.05) is 49.7 Å². The van der Waals surface area contributed by atoms with Gasteiger partial charge in [-0.3, -0.25) is 24.1 Å². The molecule has 0 aromatic rings. The summed E-state index contributed by atoms with van der Waals surface area (Å²) in [6.45, 7) is 21.7.